The van der Waals surface area contributed by atoms with Crippen LogP contribution in [0, 0.1) is 0 Å². The van der Waals surface area contributed by atoms with Gasteiger partial charge in [-0.25, -0.2) is 0 Å². The molecule has 0 spiro atoms. The molecule has 4 nitrogen and oxygen atoms in total. The molecule has 0 radical (unpaired) electrons. The smallest absolute Gasteiger partial charge is 0.224 e. The summed E-state index contributed by atoms with van der Waals surface area (Å²) in [6.45, 7) is 1.77. The van der Waals surface area contributed by atoms with Gasteiger partial charge in [0.15, 0.2) is 0 Å². The van der Waals surface area contributed by atoms with E-state index in [0.29, 0.717) is 5.02 Å². The molecule has 0 bridgehead atoms. The zero-order valence-corrected chi connectivity index (χ0v) is 13.9. The van der Waals surface area contributed by atoms with E-state index in [0.717, 1.165) is 16.9 Å². The number of carbonyl (C=O) groups is 1. The van der Waals surface area contributed by atoms with E-state index in [2.05, 4.69) is 5.32 Å². The molecule has 2 rings (SSSR count). The number of amides is 1. The molecule has 2 aromatic rings. The molecule has 0 aromatic heterocycles. The molecule has 0 aliphatic heterocycles. The minimum Gasteiger partial charge on any atom is -0.497 e. The van der Waals surface area contributed by atoms with Gasteiger partial charge in [-0.2, -0.15) is 0 Å². The Bertz CT molecular complexity index is 640. The van der Waals surface area contributed by atoms with Crippen molar-refractivity contribution in [3.05, 3.63) is 64.7 Å². The molecule has 2 atom stereocenters. The largest absolute Gasteiger partial charge is 0.497 e. The molecular formula is C18H20ClNO3. The van der Waals surface area contributed by atoms with Crippen molar-refractivity contribution in [2.75, 3.05) is 7.11 Å². The third-order valence-corrected chi connectivity index (χ3v) is 3.85. The first-order valence-electron chi connectivity index (χ1n) is 7.35. The molecule has 0 saturated carbocycles. The Kier molecular flexibility index (Phi) is 6.02. The van der Waals surface area contributed by atoms with Gasteiger partial charge in [-0.3, -0.25) is 4.79 Å². The Hall–Kier alpha value is -2.04. The van der Waals surface area contributed by atoms with Crippen molar-refractivity contribution in [1.29, 1.82) is 0 Å². The van der Waals surface area contributed by atoms with Gasteiger partial charge in [0.2, 0.25) is 5.91 Å². The maximum Gasteiger partial charge on any atom is 0.224 e. The van der Waals surface area contributed by atoms with E-state index in [1.54, 1.807) is 50.4 Å². The summed E-state index contributed by atoms with van der Waals surface area (Å²) >= 11 is 5.82. The van der Waals surface area contributed by atoms with Crippen molar-refractivity contribution in [2.24, 2.45) is 0 Å². The van der Waals surface area contributed by atoms with Crippen LogP contribution in [0.1, 0.15) is 24.2 Å². The number of halogens is 1. The maximum atomic E-state index is 12.1. The number of rotatable bonds is 6. The van der Waals surface area contributed by atoms with Crippen LogP contribution in [-0.2, 0) is 11.2 Å². The molecule has 0 aliphatic rings. The van der Waals surface area contributed by atoms with Gasteiger partial charge in [0.1, 0.15) is 5.75 Å². The molecule has 2 unspecified atom stereocenters. The van der Waals surface area contributed by atoms with Crippen LogP contribution < -0.4 is 10.1 Å². The Morgan fingerprint density at radius 2 is 1.78 bits per heavy atom. The molecule has 0 fully saturated rings. The van der Waals surface area contributed by atoms with Crippen LogP contribution in [0.3, 0.4) is 0 Å². The highest BCUT2D eigenvalue weighted by atomic mass is 35.5. The first kappa shape index (κ1) is 17.3. The molecule has 0 aliphatic carbocycles. The summed E-state index contributed by atoms with van der Waals surface area (Å²) in [6, 6.07) is 13.8. The summed E-state index contributed by atoms with van der Waals surface area (Å²) in [4.78, 5) is 12.1. The van der Waals surface area contributed by atoms with Gasteiger partial charge >= 0.3 is 0 Å². The predicted octanol–water partition coefficient (Wildman–Crippen LogP) is 3.13. The van der Waals surface area contributed by atoms with Crippen LogP contribution in [0.25, 0.3) is 0 Å². The van der Waals surface area contributed by atoms with Gasteiger partial charge < -0.3 is 15.2 Å². The van der Waals surface area contributed by atoms with Crippen molar-refractivity contribution in [3.8, 4) is 5.75 Å². The van der Waals surface area contributed by atoms with Crippen LogP contribution in [0.15, 0.2) is 48.5 Å². The standard InChI is InChI=1S/C18H20ClNO3/c1-12(18(22)14-5-9-16(23-2)10-6-14)20-17(21)11-13-3-7-15(19)8-4-13/h3-10,12,18,22H,11H2,1-2H3,(H,20,21). The fourth-order valence-corrected chi connectivity index (χ4v) is 2.39. The monoisotopic (exact) mass is 333 g/mol. The third-order valence-electron chi connectivity index (χ3n) is 3.60. The first-order chi connectivity index (χ1) is 11.0. The van der Waals surface area contributed by atoms with E-state index in [1.165, 1.54) is 0 Å². The third kappa shape index (κ3) is 4.98. The van der Waals surface area contributed by atoms with Gasteiger partial charge in [-0.05, 0) is 42.3 Å². The molecule has 5 heteroatoms. The van der Waals surface area contributed by atoms with Gasteiger partial charge in [0.25, 0.3) is 0 Å². The van der Waals surface area contributed by atoms with E-state index in [-0.39, 0.29) is 12.3 Å². The van der Waals surface area contributed by atoms with Gasteiger partial charge in [-0.15, -0.1) is 0 Å². The second-order valence-corrected chi connectivity index (χ2v) is 5.81. The van der Waals surface area contributed by atoms with Crippen molar-refractivity contribution >= 4 is 17.5 Å². The molecule has 2 N–H and O–H groups in total. The lowest BCUT2D eigenvalue weighted by molar-refractivity contribution is -0.121. The number of nitrogens with one attached hydrogen (secondary N) is 1. The van der Waals surface area contributed by atoms with E-state index in [1.807, 2.05) is 12.1 Å². The molecule has 122 valence electrons. The second-order valence-electron chi connectivity index (χ2n) is 5.38. The van der Waals surface area contributed by atoms with E-state index in [9.17, 15) is 9.90 Å². The van der Waals surface area contributed by atoms with E-state index in [4.69, 9.17) is 16.3 Å². The Morgan fingerprint density at radius 3 is 2.35 bits per heavy atom. The second kappa shape index (κ2) is 7.99. The Labute approximate surface area is 141 Å². The normalized spacial score (nSPS) is 13.2. The summed E-state index contributed by atoms with van der Waals surface area (Å²) in [5, 5.41) is 13.8. The highest BCUT2D eigenvalue weighted by molar-refractivity contribution is 6.30. The number of hydrogen-bond acceptors (Lipinski definition) is 3. The number of ether oxygens (including phenoxy) is 1. The van der Waals surface area contributed by atoms with Crippen molar-refractivity contribution < 1.29 is 14.6 Å². The number of aliphatic hydroxyl groups is 1. The molecule has 23 heavy (non-hydrogen) atoms. The van der Waals surface area contributed by atoms with Crippen LogP contribution in [-0.4, -0.2) is 24.2 Å². The maximum absolute atomic E-state index is 12.1. The quantitative estimate of drug-likeness (QED) is 0.854. The van der Waals surface area contributed by atoms with Crippen molar-refractivity contribution in [2.45, 2.75) is 25.5 Å². The summed E-state index contributed by atoms with van der Waals surface area (Å²) in [6.07, 6.45) is -0.535. The molecule has 2 aromatic carbocycles. The number of hydrogen-bond donors (Lipinski definition) is 2. The Morgan fingerprint density at radius 1 is 1.17 bits per heavy atom. The highest BCUT2D eigenvalue weighted by Gasteiger charge is 2.18. The number of benzene rings is 2. The number of aliphatic hydroxyl groups excluding tert-OH is 1. The predicted molar refractivity (Wildman–Crippen MR) is 90.7 cm³/mol. The fourth-order valence-electron chi connectivity index (χ4n) is 2.26. The zero-order chi connectivity index (χ0) is 16.8. The van der Waals surface area contributed by atoms with Crippen LogP contribution in [0.2, 0.25) is 5.02 Å². The lowest BCUT2D eigenvalue weighted by atomic mass is 10.0. The molecule has 1 amide bonds. The van der Waals surface area contributed by atoms with Crippen molar-refractivity contribution in [1.82, 2.24) is 5.32 Å². The highest BCUT2D eigenvalue weighted by Crippen LogP contribution is 2.20. The molecule has 0 heterocycles. The Balaban J connectivity index is 1.92. The fraction of sp³-hybridized carbons (Fsp3) is 0.278. The minimum atomic E-state index is -0.782. The van der Waals surface area contributed by atoms with Crippen LogP contribution >= 0.6 is 11.6 Å². The number of carbonyl (C=O) groups excluding carboxylic acids is 1. The van der Waals surface area contributed by atoms with Gasteiger partial charge in [-0.1, -0.05) is 35.9 Å². The lowest BCUT2D eigenvalue weighted by Gasteiger charge is -2.21. The minimum absolute atomic E-state index is 0.146. The summed E-state index contributed by atoms with van der Waals surface area (Å²) in [5.74, 6) is 0.577. The summed E-state index contributed by atoms with van der Waals surface area (Å²) in [5.41, 5.74) is 1.60. The lowest BCUT2D eigenvalue weighted by Crippen LogP contribution is -2.37. The number of methoxy groups -OCH3 is 1. The van der Waals surface area contributed by atoms with Crippen molar-refractivity contribution in [3.63, 3.8) is 0 Å². The first-order valence-corrected chi connectivity index (χ1v) is 7.73. The van der Waals surface area contributed by atoms with Crippen LogP contribution in [0.4, 0.5) is 0 Å². The average Bonchev–Trinajstić information content (AvgIpc) is 2.56. The summed E-state index contributed by atoms with van der Waals surface area (Å²) < 4.78 is 5.09. The SMILES string of the molecule is COc1ccc(C(O)C(C)NC(=O)Cc2ccc(Cl)cc2)cc1. The topological polar surface area (TPSA) is 58.6 Å². The average molecular weight is 334 g/mol. The molecular weight excluding hydrogens is 314 g/mol. The van der Waals surface area contributed by atoms with Crippen LogP contribution in [0.5, 0.6) is 5.75 Å². The molecule has 0 saturated heterocycles. The zero-order valence-electron chi connectivity index (χ0n) is 13.1. The summed E-state index contributed by atoms with van der Waals surface area (Å²) in [7, 11) is 1.59. The van der Waals surface area contributed by atoms with Gasteiger partial charge in [0, 0.05) is 5.02 Å². The van der Waals surface area contributed by atoms with Gasteiger partial charge in [0.05, 0.1) is 25.7 Å². The van der Waals surface area contributed by atoms with E-state index < -0.39 is 12.1 Å². The van der Waals surface area contributed by atoms with E-state index >= 15 is 0 Å².